The Morgan fingerprint density at radius 3 is 2.74 bits per heavy atom. The van der Waals surface area contributed by atoms with Gasteiger partial charge in [0.1, 0.15) is 0 Å². The lowest BCUT2D eigenvalue weighted by Gasteiger charge is -2.18. The summed E-state index contributed by atoms with van der Waals surface area (Å²) in [4.78, 5) is 41.2. The van der Waals surface area contributed by atoms with Crippen molar-refractivity contribution >= 4 is 50.2 Å². The van der Waals surface area contributed by atoms with Crippen LogP contribution in [0.4, 0.5) is 11.4 Å². The maximum atomic E-state index is 12.9. The predicted octanol–water partition coefficient (Wildman–Crippen LogP) is 2.91. The molecule has 162 valence electrons. The predicted molar refractivity (Wildman–Crippen MR) is 122 cm³/mol. The Hall–Kier alpha value is -2.91. The first-order chi connectivity index (χ1) is 14.8. The standard InChI is InChI=1S/C22H23BrN4O4/c1-25(2)9-10-26-18-12-15(7-8-19(18)31-22(26)30)24-21(29)14-11-20(28)27(13-14)17-6-4-3-5-16(17)23/h3-8,12,14H,9-11,13H2,1-2H3,(H,24,29). The van der Waals surface area contributed by atoms with Crippen molar-refractivity contribution in [1.29, 1.82) is 0 Å². The zero-order valence-corrected chi connectivity index (χ0v) is 18.9. The van der Waals surface area contributed by atoms with Gasteiger partial charge in [-0.1, -0.05) is 12.1 Å². The number of halogens is 1. The zero-order chi connectivity index (χ0) is 22.1. The van der Waals surface area contributed by atoms with Crippen molar-refractivity contribution in [3.63, 3.8) is 0 Å². The van der Waals surface area contributed by atoms with Crippen molar-refractivity contribution in [3.05, 3.63) is 57.5 Å². The van der Waals surface area contributed by atoms with Gasteiger partial charge in [0.2, 0.25) is 11.8 Å². The van der Waals surface area contributed by atoms with Crippen LogP contribution in [0.5, 0.6) is 0 Å². The lowest BCUT2D eigenvalue weighted by molar-refractivity contribution is -0.122. The average Bonchev–Trinajstić information content (AvgIpc) is 3.26. The van der Waals surface area contributed by atoms with Gasteiger partial charge in [-0.15, -0.1) is 0 Å². The molecule has 0 saturated carbocycles. The second kappa shape index (κ2) is 8.68. The molecule has 1 atom stereocenters. The van der Waals surface area contributed by atoms with Gasteiger partial charge in [0.15, 0.2) is 5.58 Å². The van der Waals surface area contributed by atoms with Crippen molar-refractivity contribution in [2.75, 3.05) is 37.4 Å². The number of nitrogens with zero attached hydrogens (tertiary/aromatic N) is 3. The molecule has 3 aromatic rings. The largest absolute Gasteiger partial charge is 0.419 e. The van der Waals surface area contributed by atoms with Gasteiger partial charge in [-0.25, -0.2) is 4.79 Å². The van der Waals surface area contributed by atoms with Gasteiger partial charge < -0.3 is 19.5 Å². The molecule has 0 spiro atoms. The summed E-state index contributed by atoms with van der Waals surface area (Å²) in [5.41, 5.74) is 2.41. The number of fused-ring (bicyclic) bond motifs is 1. The van der Waals surface area contributed by atoms with Crippen molar-refractivity contribution in [1.82, 2.24) is 9.47 Å². The maximum absolute atomic E-state index is 12.9. The summed E-state index contributed by atoms with van der Waals surface area (Å²) in [7, 11) is 3.86. The smallest absolute Gasteiger partial charge is 0.408 e. The molecule has 1 fully saturated rings. The minimum atomic E-state index is -0.462. The molecular formula is C22H23BrN4O4. The summed E-state index contributed by atoms with van der Waals surface area (Å²) in [6, 6.07) is 12.6. The molecule has 2 amide bonds. The second-order valence-electron chi connectivity index (χ2n) is 7.85. The number of para-hydroxylation sites is 1. The number of carbonyl (C=O) groups is 2. The number of hydrogen-bond donors (Lipinski definition) is 1. The summed E-state index contributed by atoms with van der Waals surface area (Å²) in [5, 5.41) is 2.89. The summed E-state index contributed by atoms with van der Waals surface area (Å²) < 4.78 is 7.66. The Morgan fingerprint density at radius 1 is 1.23 bits per heavy atom. The van der Waals surface area contributed by atoms with Crippen LogP contribution in [0.15, 0.2) is 56.1 Å². The van der Waals surface area contributed by atoms with Gasteiger partial charge in [-0.05, 0) is 60.4 Å². The van der Waals surface area contributed by atoms with Crippen molar-refractivity contribution in [2.24, 2.45) is 5.92 Å². The minimum absolute atomic E-state index is 0.0881. The molecule has 2 heterocycles. The first-order valence-corrected chi connectivity index (χ1v) is 10.8. The van der Waals surface area contributed by atoms with Crippen LogP contribution in [0.1, 0.15) is 6.42 Å². The SMILES string of the molecule is CN(C)CCn1c(=O)oc2ccc(NC(=O)C3CC(=O)N(c4ccccc4Br)C3)cc21. The van der Waals surface area contributed by atoms with E-state index < -0.39 is 11.7 Å². The van der Waals surface area contributed by atoms with Crippen LogP contribution in [0.3, 0.4) is 0 Å². The van der Waals surface area contributed by atoms with E-state index in [9.17, 15) is 14.4 Å². The Kier molecular flexibility index (Phi) is 5.97. The van der Waals surface area contributed by atoms with E-state index in [1.165, 1.54) is 0 Å². The number of benzene rings is 2. The molecule has 1 unspecified atom stereocenters. The summed E-state index contributed by atoms with van der Waals surface area (Å²) in [6.07, 6.45) is 0.147. The van der Waals surface area contributed by atoms with Gasteiger partial charge in [0.25, 0.3) is 0 Å². The molecule has 0 radical (unpaired) electrons. The number of oxazole rings is 1. The Morgan fingerprint density at radius 2 is 2.00 bits per heavy atom. The van der Waals surface area contributed by atoms with Crippen LogP contribution in [-0.2, 0) is 16.1 Å². The number of amides is 2. The van der Waals surface area contributed by atoms with Crippen molar-refractivity contribution in [2.45, 2.75) is 13.0 Å². The quantitative estimate of drug-likeness (QED) is 0.578. The molecule has 1 N–H and O–H groups in total. The first kappa shape index (κ1) is 21.3. The van der Waals surface area contributed by atoms with E-state index in [-0.39, 0.29) is 18.2 Å². The fourth-order valence-electron chi connectivity index (χ4n) is 3.68. The Balaban J connectivity index is 1.51. The molecule has 1 aliphatic heterocycles. The van der Waals surface area contributed by atoms with Gasteiger partial charge in [0, 0.05) is 36.2 Å². The monoisotopic (exact) mass is 486 g/mol. The number of hydrogen-bond acceptors (Lipinski definition) is 5. The van der Waals surface area contributed by atoms with Crippen LogP contribution < -0.4 is 16.0 Å². The van der Waals surface area contributed by atoms with Crippen LogP contribution in [0, 0.1) is 5.92 Å². The lowest BCUT2D eigenvalue weighted by Crippen LogP contribution is -2.28. The van der Waals surface area contributed by atoms with Gasteiger partial charge >= 0.3 is 5.76 Å². The molecule has 1 aliphatic rings. The number of rotatable bonds is 6. The number of nitrogens with one attached hydrogen (secondary N) is 1. The number of aromatic nitrogens is 1. The molecular weight excluding hydrogens is 464 g/mol. The molecule has 0 aliphatic carbocycles. The highest BCUT2D eigenvalue weighted by molar-refractivity contribution is 9.10. The zero-order valence-electron chi connectivity index (χ0n) is 17.3. The van der Waals surface area contributed by atoms with Gasteiger partial charge in [0.05, 0.1) is 17.1 Å². The first-order valence-electron chi connectivity index (χ1n) is 9.97. The van der Waals surface area contributed by atoms with E-state index in [1.54, 1.807) is 27.7 Å². The van der Waals surface area contributed by atoms with Gasteiger partial charge in [-0.2, -0.15) is 0 Å². The van der Waals surface area contributed by atoms with Crippen LogP contribution in [0.25, 0.3) is 11.1 Å². The fraction of sp³-hybridized carbons (Fsp3) is 0.318. The van der Waals surface area contributed by atoms with Crippen molar-refractivity contribution < 1.29 is 14.0 Å². The van der Waals surface area contributed by atoms with E-state index in [0.29, 0.717) is 36.4 Å². The van der Waals surface area contributed by atoms with E-state index >= 15 is 0 Å². The van der Waals surface area contributed by atoms with Crippen LogP contribution in [-0.4, -0.2) is 48.5 Å². The summed E-state index contributed by atoms with van der Waals surface area (Å²) >= 11 is 3.46. The number of likely N-dealkylation sites (N-methyl/N-ethyl adjacent to an activating group) is 1. The topological polar surface area (TPSA) is 87.8 Å². The van der Waals surface area contributed by atoms with Crippen LogP contribution >= 0.6 is 15.9 Å². The Bertz CT molecular complexity index is 1200. The summed E-state index contributed by atoms with van der Waals surface area (Å²) in [6.45, 7) is 1.48. The minimum Gasteiger partial charge on any atom is -0.408 e. The van der Waals surface area contributed by atoms with Gasteiger partial charge in [-0.3, -0.25) is 14.2 Å². The average molecular weight is 487 g/mol. The molecule has 4 rings (SSSR count). The highest BCUT2D eigenvalue weighted by Crippen LogP contribution is 2.31. The molecule has 2 aromatic carbocycles. The molecule has 31 heavy (non-hydrogen) atoms. The molecule has 1 saturated heterocycles. The lowest BCUT2D eigenvalue weighted by atomic mass is 10.1. The number of carbonyl (C=O) groups excluding carboxylic acids is 2. The third kappa shape index (κ3) is 4.42. The highest BCUT2D eigenvalue weighted by Gasteiger charge is 2.35. The third-order valence-electron chi connectivity index (χ3n) is 5.34. The molecule has 0 bridgehead atoms. The van der Waals surface area contributed by atoms with E-state index in [2.05, 4.69) is 21.2 Å². The Labute approximate surface area is 187 Å². The highest BCUT2D eigenvalue weighted by atomic mass is 79.9. The van der Waals surface area contributed by atoms with E-state index in [0.717, 1.165) is 10.2 Å². The van der Waals surface area contributed by atoms with E-state index in [4.69, 9.17) is 4.42 Å². The van der Waals surface area contributed by atoms with E-state index in [1.807, 2.05) is 43.3 Å². The van der Waals surface area contributed by atoms with Crippen LogP contribution in [0.2, 0.25) is 0 Å². The number of anilines is 2. The molecule has 8 nitrogen and oxygen atoms in total. The fourth-order valence-corrected chi connectivity index (χ4v) is 4.18. The second-order valence-corrected chi connectivity index (χ2v) is 8.71. The normalized spacial score (nSPS) is 16.5. The third-order valence-corrected chi connectivity index (χ3v) is 6.02. The maximum Gasteiger partial charge on any atom is 0.419 e. The van der Waals surface area contributed by atoms with Crippen molar-refractivity contribution in [3.8, 4) is 0 Å². The molecule has 1 aromatic heterocycles. The molecule has 9 heteroatoms. The summed E-state index contributed by atoms with van der Waals surface area (Å²) in [5.74, 6) is -1.20.